The van der Waals surface area contributed by atoms with Gasteiger partial charge >= 0.3 is 0 Å². The van der Waals surface area contributed by atoms with Gasteiger partial charge in [0.2, 0.25) is 15.9 Å². The van der Waals surface area contributed by atoms with Crippen LogP contribution in [-0.4, -0.2) is 39.3 Å². The molecule has 25 heavy (non-hydrogen) atoms. The number of carbonyl (C=O) groups excluding carboxylic acids is 1. The fourth-order valence-electron chi connectivity index (χ4n) is 2.11. The number of hydrogen-bond acceptors (Lipinski definition) is 4. The van der Waals surface area contributed by atoms with Gasteiger partial charge in [0.1, 0.15) is 0 Å². The molecule has 2 rings (SSSR count). The van der Waals surface area contributed by atoms with Gasteiger partial charge in [-0.05, 0) is 42.8 Å². The van der Waals surface area contributed by atoms with Crippen LogP contribution >= 0.6 is 15.9 Å². The fraction of sp³-hybridized carbons (Fsp3) is 0.235. The molecular weight excluding hydrogens is 406 g/mol. The Morgan fingerprint density at radius 2 is 1.88 bits per heavy atom. The SMILES string of the molecule is Cc1ccc(S(=O)(=O)N(C)C)cc1NCC(=O)Nc1cccc(Br)c1. The van der Waals surface area contributed by atoms with Crippen molar-refractivity contribution in [2.45, 2.75) is 11.8 Å². The first-order valence-corrected chi connectivity index (χ1v) is 9.76. The first-order valence-electron chi connectivity index (χ1n) is 7.52. The lowest BCUT2D eigenvalue weighted by atomic mass is 10.2. The molecule has 0 spiro atoms. The summed E-state index contributed by atoms with van der Waals surface area (Å²) in [5, 5.41) is 5.77. The molecule has 0 atom stereocenters. The summed E-state index contributed by atoms with van der Waals surface area (Å²) in [6.07, 6.45) is 0. The van der Waals surface area contributed by atoms with Crippen LogP contribution < -0.4 is 10.6 Å². The van der Waals surface area contributed by atoms with E-state index in [4.69, 9.17) is 0 Å². The third kappa shape index (κ3) is 5.04. The molecule has 2 aromatic carbocycles. The molecule has 0 radical (unpaired) electrons. The van der Waals surface area contributed by atoms with Crippen LogP contribution in [-0.2, 0) is 14.8 Å². The van der Waals surface area contributed by atoms with E-state index in [0.717, 1.165) is 14.3 Å². The second kappa shape index (κ2) is 7.99. The molecule has 0 bridgehead atoms. The highest BCUT2D eigenvalue weighted by Crippen LogP contribution is 2.22. The van der Waals surface area contributed by atoms with Crippen molar-refractivity contribution in [3.05, 3.63) is 52.5 Å². The highest BCUT2D eigenvalue weighted by atomic mass is 79.9. The van der Waals surface area contributed by atoms with Gasteiger partial charge in [-0.2, -0.15) is 0 Å². The van der Waals surface area contributed by atoms with E-state index in [1.54, 1.807) is 24.3 Å². The molecule has 2 aromatic rings. The minimum absolute atomic E-state index is 0.0266. The van der Waals surface area contributed by atoms with Gasteiger partial charge in [-0.1, -0.05) is 28.1 Å². The molecule has 0 heterocycles. The van der Waals surface area contributed by atoms with Crippen LogP contribution in [0.15, 0.2) is 51.8 Å². The average molecular weight is 426 g/mol. The van der Waals surface area contributed by atoms with Crippen LogP contribution in [0, 0.1) is 6.92 Å². The van der Waals surface area contributed by atoms with Crippen LogP contribution in [0.1, 0.15) is 5.56 Å². The Bertz CT molecular complexity index is 882. The van der Waals surface area contributed by atoms with Crippen molar-refractivity contribution in [3.63, 3.8) is 0 Å². The zero-order valence-corrected chi connectivity index (χ0v) is 16.6. The second-order valence-electron chi connectivity index (χ2n) is 5.68. The average Bonchev–Trinajstić information content (AvgIpc) is 2.53. The van der Waals surface area contributed by atoms with Crippen molar-refractivity contribution in [1.29, 1.82) is 0 Å². The van der Waals surface area contributed by atoms with Crippen LogP contribution in [0.5, 0.6) is 0 Å². The van der Waals surface area contributed by atoms with Gasteiger partial charge in [-0.3, -0.25) is 4.79 Å². The Morgan fingerprint density at radius 3 is 2.52 bits per heavy atom. The van der Waals surface area contributed by atoms with Crippen molar-refractivity contribution in [3.8, 4) is 0 Å². The van der Waals surface area contributed by atoms with Crippen molar-refractivity contribution in [1.82, 2.24) is 4.31 Å². The summed E-state index contributed by atoms with van der Waals surface area (Å²) >= 11 is 3.35. The number of anilines is 2. The Morgan fingerprint density at radius 1 is 1.16 bits per heavy atom. The van der Waals surface area contributed by atoms with Gasteiger partial charge < -0.3 is 10.6 Å². The number of hydrogen-bond donors (Lipinski definition) is 2. The van der Waals surface area contributed by atoms with E-state index >= 15 is 0 Å². The highest BCUT2D eigenvalue weighted by molar-refractivity contribution is 9.10. The molecule has 6 nitrogen and oxygen atoms in total. The second-order valence-corrected chi connectivity index (χ2v) is 8.74. The van der Waals surface area contributed by atoms with Gasteiger partial charge in [-0.15, -0.1) is 0 Å². The summed E-state index contributed by atoms with van der Waals surface area (Å²) in [4.78, 5) is 12.3. The number of nitrogens with zero attached hydrogens (tertiary/aromatic N) is 1. The monoisotopic (exact) mass is 425 g/mol. The van der Waals surface area contributed by atoms with E-state index in [2.05, 4.69) is 26.6 Å². The predicted octanol–water partition coefficient (Wildman–Crippen LogP) is 3.06. The molecule has 0 aliphatic carbocycles. The van der Waals surface area contributed by atoms with Crippen molar-refractivity contribution < 1.29 is 13.2 Å². The maximum atomic E-state index is 12.2. The van der Waals surface area contributed by atoms with E-state index in [0.29, 0.717) is 11.4 Å². The molecule has 134 valence electrons. The molecule has 0 aliphatic heterocycles. The van der Waals surface area contributed by atoms with Crippen LogP contribution in [0.2, 0.25) is 0 Å². The first kappa shape index (κ1) is 19.4. The summed E-state index contributed by atoms with van der Waals surface area (Å²) in [5.74, 6) is -0.224. The summed E-state index contributed by atoms with van der Waals surface area (Å²) < 4.78 is 26.5. The summed E-state index contributed by atoms with van der Waals surface area (Å²) in [5.41, 5.74) is 2.14. The number of benzene rings is 2. The van der Waals surface area contributed by atoms with Crippen LogP contribution in [0.4, 0.5) is 11.4 Å². The molecule has 0 aromatic heterocycles. The van der Waals surface area contributed by atoms with E-state index in [9.17, 15) is 13.2 Å². The molecule has 0 fully saturated rings. The standard InChI is InChI=1S/C17H20BrN3O3S/c1-12-7-8-15(25(23,24)21(2)3)10-16(12)19-11-17(22)20-14-6-4-5-13(18)9-14/h4-10,19H,11H2,1-3H3,(H,20,22). The number of sulfonamides is 1. The maximum absolute atomic E-state index is 12.2. The van der Waals surface area contributed by atoms with Gasteiger partial charge in [-0.25, -0.2) is 12.7 Å². The van der Waals surface area contributed by atoms with Gasteiger partial charge in [0, 0.05) is 29.9 Å². The lowest BCUT2D eigenvalue weighted by Crippen LogP contribution is -2.23. The van der Waals surface area contributed by atoms with Gasteiger partial charge in [0.05, 0.1) is 11.4 Å². The molecule has 8 heteroatoms. The highest BCUT2D eigenvalue weighted by Gasteiger charge is 2.18. The van der Waals surface area contributed by atoms with E-state index in [1.807, 2.05) is 19.1 Å². The van der Waals surface area contributed by atoms with Crippen molar-refractivity contribution in [2.24, 2.45) is 0 Å². The molecule has 1 amide bonds. The minimum atomic E-state index is -3.52. The minimum Gasteiger partial charge on any atom is -0.376 e. The first-order chi connectivity index (χ1) is 11.7. The Balaban J connectivity index is 2.09. The number of carbonyl (C=O) groups is 1. The van der Waals surface area contributed by atoms with E-state index < -0.39 is 10.0 Å². The number of halogens is 1. The zero-order valence-electron chi connectivity index (χ0n) is 14.2. The normalized spacial score (nSPS) is 11.4. The summed E-state index contributed by atoms with van der Waals surface area (Å²) in [6, 6.07) is 12.1. The topological polar surface area (TPSA) is 78.5 Å². The Labute approximate surface area is 156 Å². The van der Waals surface area contributed by atoms with Crippen molar-refractivity contribution in [2.75, 3.05) is 31.3 Å². The van der Waals surface area contributed by atoms with Crippen molar-refractivity contribution >= 4 is 43.2 Å². The van der Waals surface area contributed by atoms with E-state index in [-0.39, 0.29) is 17.3 Å². The molecule has 2 N–H and O–H groups in total. The lowest BCUT2D eigenvalue weighted by molar-refractivity contribution is -0.114. The van der Waals surface area contributed by atoms with Crippen LogP contribution in [0.25, 0.3) is 0 Å². The van der Waals surface area contributed by atoms with Crippen LogP contribution in [0.3, 0.4) is 0 Å². The zero-order chi connectivity index (χ0) is 18.6. The fourth-order valence-corrected chi connectivity index (χ4v) is 3.44. The van der Waals surface area contributed by atoms with E-state index in [1.165, 1.54) is 20.2 Å². The Kier molecular flexibility index (Phi) is 6.21. The number of aryl methyl sites for hydroxylation is 1. The number of amides is 1. The summed E-state index contributed by atoms with van der Waals surface area (Å²) in [7, 11) is -0.561. The number of rotatable bonds is 6. The molecule has 0 aliphatic rings. The summed E-state index contributed by atoms with van der Waals surface area (Å²) in [6.45, 7) is 1.87. The van der Waals surface area contributed by atoms with Gasteiger partial charge in [0.15, 0.2) is 0 Å². The van der Waals surface area contributed by atoms with Gasteiger partial charge in [0.25, 0.3) is 0 Å². The maximum Gasteiger partial charge on any atom is 0.243 e. The molecule has 0 unspecified atom stereocenters. The predicted molar refractivity (Wildman–Crippen MR) is 103 cm³/mol. The number of nitrogens with one attached hydrogen (secondary N) is 2. The Hall–Kier alpha value is -1.90. The molecule has 0 saturated carbocycles. The quantitative estimate of drug-likeness (QED) is 0.745. The largest absolute Gasteiger partial charge is 0.376 e. The third-order valence-corrected chi connectivity index (χ3v) is 5.84. The third-order valence-electron chi connectivity index (χ3n) is 3.54. The molecular formula is C17H20BrN3O3S. The lowest BCUT2D eigenvalue weighted by Gasteiger charge is -2.15. The molecule has 0 saturated heterocycles. The smallest absolute Gasteiger partial charge is 0.243 e.